The summed E-state index contributed by atoms with van der Waals surface area (Å²) in [5.41, 5.74) is 1.46. The van der Waals surface area contributed by atoms with Crippen LogP contribution in [0.4, 0.5) is 4.39 Å². The van der Waals surface area contributed by atoms with Crippen LogP contribution in [0.2, 0.25) is 0 Å². The zero-order valence-corrected chi connectivity index (χ0v) is 16.0. The molecule has 0 fully saturated rings. The van der Waals surface area contributed by atoms with E-state index in [0.29, 0.717) is 26.9 Å². The fraction of sp³-hybridized carbons (Fsp3) is 0.100. The maximum atomic E-state index is 13.5. The van der Waals surface area contributed by atoms with Gasteiger partial charge >= 0.3 is 0 Å². The van der Waals surface area contributed by atoms with Gasteiger partial charge in [-0.2, -0.15) is 0 Å². The molecule has 27 heavy (non-hydrogen) atoms. The molecule has 0 amide bonds. The number of hydrogen-bond acceptors (Lipinski definition) is 4. The van der Waals surface area contributed by atoms with Gasteiger partial charge in [0.25, 0.3) is 0 Å². The van der Waals surface area contributed by atoms with Crippen LogP contribution in [0, 0.1) is 12.7 Å². The number of fused-ring (bicyclic) bond motifs is 2. The number of rotatable bonds is 4. The van der Waals surface area contributed by atoms with Crippen molar-refractivity contribution < 1.29 is 17.5 Å². The lowest BCUT2D eigenvalue weighted by molar-refractivity contribution is 0.450. The van der Waals surface area contributed by atoms with Crippen molar-refractivity contribution in [1.29, 1.82) is 0 Å². The molecule has 7 heteroatoms. The second-order valence-electron chi connectivity index (χ2n) is 6.17. The maximum absolute atomic E-state index is 13.5. The highest BCUT2D eigenvalue weighted by Crippen LogP contribution is 2.48. The molecular weight excluding hydrogens is 385 g/mol. The van der Waals surface area contributed by atoms with Crippen LogP contribution < -0.4 is 9.46 Å². The van der Waals surface area contributed by atoms with E-state index in [1.807, 2.05) is 30.3 Å². The molecule has 0 bridgehead atoms. The van der Waals surface area contributed by atoms with Crippen LogP contribution in [-0.2, 0) is 16.6 Å². The molecule has 3 aromatic carbocycles. The number of aryl methyl sites for hydroxylation is 1. The second-order valence-corrected chi connectivity index (χ2v) is 8.99. The Labute approximate surface area is 161 Å². The Kier molecular flexibility index (Phi) is 4.67. The van der Waals surface area contributed by atoms with Crippen molar-refractivity contribution in [3.8, 4) is 11.5 Å². The predicted octanol–water partition coefficient (Wildman–Crippen LogP) is 4.87. The first-order valence-corrected chi connectivity index (χ1v) is 10.6. The average Bonchev–Trinajstić information content (AvgIpc) is 2.65. The van der Waals surface area contributed by atoms with E-state index in [1.165, 1.54) is 23.9 Å². The smallest absolute Gasteiger partial charge is 0.241 e. The number of hydrogen-bond donors (Lipinski definition) is 1. The molecule has 4 rings (SSSR count). The van der Waals surface area contributed by atoms with E-state index < -0.39 is 10.0 Å². The third-order valence-corrected chi connectivity index (χ3v) is 6.81. The topological polar surface area (TPSA) is 55.4 Å². The first-order chi connectivity index (χ1) is 12.9. The third-order valence-electron chi connectivity index (χ3n) is 4.19. The van der Waals surface area contributed by atoms with Gasteiger partial charge in [-0.15, -0.1) is 0 Å². The van der Waals surface area contributed by atoms with Gasteiger partial charge in [0.05, 0.1) is 14.7 Å². The Balaban J connectivity index is 1.64. The van der Waals surface area contributed by atoms with Crippen molar-refractivity contribution in [2.24, 2.45) is 0 Å². The highest BCUT2D eigenvalue weighted by Gasteiger charge is 2.24. The molecule has 0 aliphatic carbocycles. The van der Waals surface area contributed by atoms with E-state index in [1.54, 1.807) is 25.1 Å². The molecule has 0 atom stereocenters. The Morgan fingerprint density at radius 2 is 1.74 bits per heavy atom. The van der Waals surface area contributed by atoms with Gasteiger partial charge in [-0.1, -0.05) is 42.1 Å². The number of nitrogens with one attached hydrogen (secondary N) is 1. The number of ether oxygens (including phenoxy) is 1. The van der Waals surface area contributed by atoms with E-state index in [0.717, 1.165) is 5.56 Å². The molecule has 4 nitrogen and oxygen atoms in total. The molecule has 0 saturated heterocycles. The Morgan fingerprint density at radius 3 is 2.52 bits per heavy atom. The van der Waals surface area contributed by atoms with E-state index >= 15 is 0 Å². The SMILES string of the molecule is Cc1cc2c(cc1S(=O)(=O)NCc1ccccc1)Sc1cc(F)ccc1O2. The standard InChI is InChI=1S/C20H16FNO3S2/c1-13-9-17-19(26-18-10-15(21)7-8-16(18)25-17)11-20(13)27(23,24)22-12-14-5-3-2-4-6-14/h2-11,22H,12H2,1H3. The molecule has 0 aromatic heterocycles. The quantitative estimate of drug-likeness (QED) is 0.530. The van der Waals surface area contributed by atoms with Gasteiger partial charge in [0.2, 0.25) is 10.0 Å². The van der Waals surface area contributed by atoms with Crippen molar-refractivity contribution in [3.63, 3.8) is 0 Å². The van der Waals surface area contributed by atoms with E-state index in [4.69, 9.17) is 4.74 Å². The molecule has 0 unspecified atom stereocenters. The largest absolute Gasteiger partial charge is 0.455 e. The maximum Gasteiger partial charge on any atom is 0.241 e. The summed E-state index contributed by atoms with van der Waals surface area (Å²) in [5.74, 6) is 0.766. The van der Waals surface area contributed by atoms with Gasteiger partial charge in [-0.3, -0.25) is 0 Å². The summed E-state index contributed by atoms with van der Waals surface area (Å²) in [7, 11) is -3.70. The Bertz CT molecular complexity index is 1120. The van der Waals surface area contributed by atoms with Crippen molar-refractivity contribution in [2.45, 2.75) is 28.2 Å². The summed E-state index contributed by atoms with van der Waals surface area (Å²) in [6.07, 6.45) is 0. The van der Waals surface area contributed by atoms with Crippen LogP contribution in [0.15, 0.2) is 75.4 Å². The zero-order valence-electron chi connectivity index (χ0n) is 14.4. The molecule has 1 aliphatic rings. The minimum absolute atomic E-state index is 0.188. The molecule has 138 valence electrons. The van der Waals surface area contributed by atoms with Gasteiger partial charge in [0, 0.05) is 6.54 Å². The minimum Gasteiger partial charge on any atom is -0.455 e. The van der Waals surface area contributed by atoms with Gasteiger partial charge < -0.3 is 4.74 Å². The summed E-state index contributed by atoms with van der Waals surface area (Å²) in [6.45, 7) is 1.93. The van der Waals surface area contributed by atoms with E-state index in [2.05, 4.69) is 4.72 Å². The summed E-state index contributed by atoms with van der Waals surface area (Å²) < 4.78 is 47.5. The van der Waals surface area contributed by atoms with E-state index in [-0.39, 0.29) is 17.3 Å². The van der Waals surface area contributed by atoms with Crippen molar-refractivity contribution in [3.05, 3.63) is 77.6 Å². The fourth-order valence-electron chi connectivity index (χ4n) is 2.83. The van der Waals surface area contributed by atoms with Crippen molar-refractivity contribution in [2.75, 3.05) is 0 Å². The molecular formula is C20H16FNO3S2. The van der Waals surface area contributed by atoms with Crippen LogP contribution in [0.3, 0.4) is 0 Å². The molecule has 0 spiro atoms. The highest BCUT2D eigenvalue weighted by atomic mass is 32.2. The molecule has 0 saturated carbocycles. The highest BCUT2D eigenvalue weighted by molar-refractivity contribution is 7.99. The first kappa shape index (κ1) is 18.0. The van der Waals surface area contributed by atoms with E-state index in [9.17, 15) is 12.8 Å². The molecule has 1 aliphatic heterocycles. The van der Waals surface area contributed by atoms with Crippen molar-refractivity contribution in [1.82, 2.24) is 4.72 Å². The number of sulfonamides is 1. The molecule has 1 N–H and O–H groups in total. The molecule has 0 radical (unpaired) electrons. The van der Waals surface area contributed by atoms with Crippen molar-refractivity contribution >= 4 is 21.8 Å². The van der Waals surface area contributed by atoms with Gasteiger partial charge in [-0.05, 0) is 48.4 Å². The van der Waals surface area contributed by atoms with Crippen LogP contribution in [-0.4, -0.2) is 8.42 Å². The summed E-state index contributed by atoms with van der Waals surface area (Å²) in [5, 5.41) is 0. The minimum atomic E-state index is -3.70. The van der Waals surface area contributed by atoms with Gasteiger partial charge in [0.1, 0.15) is 17.3 Å². The first-order valence-electron chi connectivity index (χ1n) is 8.26. The lowest BCUT2D eigenvalue weighted by Crippen LogP contribution is -2.24. The normalized spacial score (nSPS) is 12.8. The molecule has 3 aromatic rings. The lowest BCUT2D eigenvalue weighted by Gasteiger charge is -2.21. The summed E-state index contributed by atoms with van der Waals surface area (Å²) >= 11 is 1.29. The fourth-order valence-corrected chi connectivity index (χ4v) is 5.17. The number of halogens is 1. The van der Waals surface area contributed by atoms with Crippen LogP contribution in [0.1, 0.15) is 11.1 Å². The summed E-state index contributed by atoms with van der Waals surface area (Å²) in [6, 6.07) is 16.9. The lowest BCUT2D eigenvalue weighted by atomic mass is 10.2. The third kappa shape index (κ3) is 3.71. The Hall–Kier alpha value is -2.35. The summed E-state index contributed by atoms with van der Waals surface area (Å²) in [4.78, 5) is 1.44. The second kappa shape index (κ2) is 6.99. The van der Waals surface area contributed by atoms with Gasteiger partial charge in [-0.25, -0.2) is 17.5 Å². The Morgan fingerprint density at radius 1 is 1.00 bits per heavy atom. The molecule has 1 heterocycles. The zero-order chi connectivity index (χ0) is 19.0. The van der Waals surface area contributed by atoms with Crippen LogP contribution >= 0.6 is 11.8 Å². The monoisotopic (exact) mass is 401 g/mol. The van der Waals surface area contributed by atoms with Gasteiger partial charge in [0.15, 0.2) is 0 Å². The van der Waals surface area contributed by atoms with Crippen LogP contribution in [0.5, 0.6) is 11.5 Å². The predicted molar refractivity (Wildman–Crippen MR) is 102 cm³/mol. The number of benzene rings is 3. The average molecular weight is 401 g/mol. The van der Waals surface area contributed by atoms with Crippen LogP contribution in [0.25, 0.3) is 0 Å².